The maximum atomic E-state index is 13.9. The van der Waals surface area contributed by atoms with Gasteiger partial charge in [-0.25, -0.2) is 15.1 Å². The van der Waals surface area contributed by atoms with Crippen LogP contribution < -0.4 is 15.6 Å². The second-order valence-corrected chi connectivity index (χ2v) is 5.93. The molecule has 0 aliphatic carbocycles. The normalized spacial score (nSPS) is 13.4. The summed E-state index contributed by atoms with van der Waals surface area (Å²) in [6, 6.07) is 10.6. The van der Waals surface area contributed by atoms with E-state index in [1.54, 1.807) is 35.6 Å². The minimum Gasteiger partial charge on any atom is -0.464 e. The second kappa shape index (κ2) is 8.26. The number of aromatic nitrogens is 1. The number of amides is 1. The Hall–Kier alpha value is -2.81. The van der Waals surface area contributed by atoms with Gasteiger partial charge >= 0.3 is 17.8 Å². The van der Waals surface area contributed by atoms with Crippen LogP contribution >= 0.6 is 11.6 Å². The highest BCUT2D eigenvalue weighted by Gasteiger charge is 2.67. The van der Waals surface area contributed by atoms with Gasteiger partial charge in [0.2, 0.25) is 5.91 Å². The van der Waals surface area contributed by atoms with Crippen LogP contribution in [0, 0.1) is 0 Å². The summed E-state index contributed by atoms with van der Waals surface area (Å²) >= 11 is 5.69. The average Bonchev–Trinajstić information content (AvgIpc) is 2.62. The minimum atomic E-state index is -5.21. The molecule has 27 heavy (non-hydrogen) atoms. The summed E-state index contributed by atoms with van der Waals surface area (Å²) in [7, 11) is 0.791. The molecule has 0 saturated heterocycles. The number of hydrogen-bond donors (Lipinski definition) is 2. The molecule has 3 N–H and O–H groups in total. The predicted molar refractivity (Wildman–Crippen MR) is 90.7 cm³/mol. The van der Waals surface area contributed by atoms with E-state index in [-0.39, 0.29) is 17.3 Å². The van der Waals surface area contributed by atoms with Crippen molar-refractivity contribution in [2.24, 2.45) is 0 Å². The van der Waals surface area contributed by atoms with Crippen LogP contribution in [0.2, 0.25) is 5.02 Å². The molecule has 0 radical (unpaired) electrons. The molecule has 0 bridgehead atoms. The molecule has 6 nitrogen and oxygen atoms in total. The van der Waals surface area contributed by atoms with Gasteiger partial charge in [-0.1, -0.05) is 41.9 Å². The van der Waals surface area contributed by atoms with Gasteiger partial charge in [-0.05, 0) is 11.6 Å². The van der Waals surface area contributed by atoms with Gasteiger partial charge in [0.1, 0.15) is 6.20 Å². The van der Waals surface area contributed by atoms with Crippen molar-refractivity contribution in [1.82, 2.24) is 5.32 Å². The number of esters is 1. The van der Waals surface area contributed by atoms with Gasteiger partial charge in [0, 0.05) is 6.07 Å². The van der Waals surface area contributed by atoms with E-state index in [2.05, 4.69) is 9.72 Å². The Labute approximate surface area is 157 Å². The summed E-state index contributed by atoms with van der Waals surface area (Å²) in [6.07, 6.45) is -4.35. The zero-order valence-electron chi connectivity index (χ0n) is 14.1. The summed E-state index contributed by atoms with van der Waals surface area (Å²) in [5.41, 5.74) is -3.01. The highest BCUT2D eigenvalue weighted by atomic mass is 35.5. The molecular weight excluding hydrogens is 387 g/mol. The number of benzene rings is 1. The number of rotatable bonds is 6. The maximum absolute atomic E-state index is 13.9. The largest absolute Gasteiger partial charge is 0.464 e. The van der Waals surface area contributed by atoms with E-state index < -0.39 is 23.7 Å². The van der Waals surface area contributed by atoms with Crippen molar-refractivity contribution < 1.29 is 32.5 Å². The number of H-pyrrole nitrogens is 1. The van der Waals surface area contributed by atoms with Gasteiger partial charge < -0.3 is 4.74 Å². The quantitative estimate of drug-likeness (QED) is 0.574. The third kappa shape index (κ3) is 4.88. The smallest absolute Gasteiger partial charge is 0.464 e. The topological polar surface area (TPSA) is 81.6 Å². The Balaban J connectivity index is 2.36. The number of aromatic amines is 1. The highest BCUT2D eigenvalue weighted by molar-refractivity contribution is 6.30. The van der Waals surface area contributed by atoms with Crippen molar-refractivity contribution in [2.75, 3.05) is 12.4 Å². The van der Waals surface area contributed by atoms with E-state index in [1.807, 2.05) is 5.32 Å². The molecule has 0 saturated carbocycles. The van der Waals surface area contributed by atoms with Gasteiger partial charge in [0.05, 0.1) is 18.6 Å². The van der Waals surface area contributed by atoms with E-state index in [4.69, 9.17) is 11.6 Å². The minimum absolute atomic E-state index is 0.206. The van der Waals surface area contributed by atoms with Crippen LogP contribution in [0.25, 0.3) is 0 Å². The summed E-state index contributed by atoms with van der Waals surface area (Å²) in [6.45, 7) is 0. The molecule has 144 valence electrons. The number of anilines is 1. The van der Waals surface area contributed by atoms with E-state index in [0.717, 1.165) is 7.11 Å². The number of hydrogen-bond acceptors (Lipinski definition) is 4. The first-order chi connectivity index (χ1) is 12.7. The number of carbonyl (C=O) groups excluding carboxylic acids is 2. The van der Waals surface area contributed by atoms with Crippen molar-refractivity contribution in [3.8, 4) is 0 Å². The zero-order chi connectivity index (χ0) is 20.1. The lowest BCUT2D eigenvalue weighted by atomic mass is 10.1. The number of ether oxygens (including phenoxy) is 1. The van der Waals surface area contributed by atoms with Crippen LogP contribution in [0.15, 0.2) is 48.7 Å². The molecule has 0 aliphatic rings. The molecule has 1 atom stereocenters. The molecule has 1 aromatic carbocycles. The second-order valence-electron chi connectivity index (χ2n) is 5.50. The monoisotopic (exact) mass is 402 g/mol. The van der Waals surface area contributed by atoms with Crippen molar-refractivity contribution in [1.29, 1.82) is 0 Å². The first-order valence-electron chi connectivity index (χ1n) is 7.63. The van der Waals surface area contributed by atoms with E-state index in [9.17, 15) is 22.8 Å². The van der Waals surface area contributed by atoms with E-state index in [1.165, 1.54) is 18.3 Å². The number of carbonyl (C=O) groups is 2. The molecule has 1 amide bonds. The van der Waals surface area contributed by atoms with Gasteiger partial charge in [-0.15, -0.1) is 0 Å². The van der Waals surface area contributed by atoms with Gasteiger partial charge in [0.15, 0.2) is 0 Å². The zero-order valence-corrected chi connectivity index (χ0v) is 14.8. The average molecular weight is 403 g/mol. The summed E-state index contributed by atoms with van der Waals surface area (Å²) < 4.78 is 45.9. The van der Waals surface area contributed by atoms with E-state index in [0.29, 0.717) is 5.56 Å². The van der Waals surface area contributed by atoms with Crippen LogP contribution in [0.4, 0.5) is 19.0 Å². The number of alkyl halides is 3. The lowest BCUT2D eigenvalue weighted by Gasteiger charge is -2.30. The standard InChI is InChI=1S/C17H15ClF3N3O3/c1-27-15(26)16(17(19,20)21,23-13-8-7-12(18)10-22-13)24-14(25)9-11-5-3-2-4-6-11/h2-8,10H,9H2,1H3,(H,22,23)(H,24,25)/p+1/t16-/m1/s1. The SMILES string of the molecule is COC(=O)[C@](NC(=O)Cc1ccccc1)(Nc1ccc(Cl)c[nH+]1)C(F)(F)F. The summed E-state index contributed by atoms with van der Waals surface area (Å²) in [4.78, 5) is 26.8. The number of nitrogens with one attached hydrogen (secondary N) is 3. The first-order valence-corrected chi connectivity index (χ1v) is 8.01. The Morgan fingerprint density at radius 2 is 1.81 bits per heavy atom. The Morgan fingerprint density at radius 3 is 2.33 bits per heavy atom. The predicted octanol–water partition coefficient (Wildman–Crippen LogP) is 2.36. The fourth-order valence-corrected chi connectivity index (χ4v) is 2.38. The molecular formula is C17H16ClF3N3O3+. The van der Waals surface area contributed by atoms with Crippen molar-refractivity contribution in [2.45, 2.75) is 18.3 Å². The molecule has 10 heteroatoms. The van der Waals surface area contributed by atoms with Gasteiger partial charge in [0.25, 0.3) is 5.82 Å². The van der Waals surface area contributed by atoms with Crippen LogP contribution in [-0.4, -0.2) is 30.8 Å². The molecule has 0 unspecified atom stereocenters. The number of pyridine rings is 1. The maximum Gasteiger partial charge on any atom is 0.464 e. The number of methoxy groups -OCH3 is 1. The Kier molecular flexibility index (Phi) is 6.27. The molecule has 1 heterocycles. The molecule has 2 aromatic rings. The molecule has 0 fully saturated rings. The fourth-order valence-electron chi connectivity index (χ4n) is 2.26. The lowest BCUT2D eigenvalue weighted by molar-refractivity contribution is -0.362. The van der Waals surface area contributed by atoms with Gasteiger partial charge in [-0.2, -0.15) is 13.2 Å². The van der Waals surface area contributed by atoms with E-state index >= 15 is 0 Å². The van der Waals surface area contributed by atoms with Crippen molar-refractivity contribution in [3.05, 3.63) is 59.2 Å². The fraction of sp³-hybridized carbons (Fsp3) is 0.235. The third-order valence-electron chi connectivity index (χ3n) is 3.55. The first kappa shape index (κ1) is 20.5. The number of halogens is 4. The molecule has 1 aromatic heterocycles. The van der Waals surface area contributed by atoms with Gasteiger partial charge in [-0.3, -0.25) is 10.1 Å². The molecule has 0 spiro atoms. The highest BCUT2D eigenvalue weighted by Crippen LogP contribution is 2.32. The molecule has 2 rings (SSSR count). The van der Waals surface area contributed by atoms with Crippen LogP contribution in [0.3, 0.4) is 0 Å². The Morgan fingerprint density at radius 1 is 1.15 bits per heavy atom. The van der Waals surface area contributed by atoms with Crippen LogP contribution in [0.1, 0.15) is 5.56 Å². The Bertz CT molecular complexity index is 801. The van der Waals surface area contributed by atoms with Crippen LogP contribution in [0.5, 0.6) is 0 Å². The summed E-state index contributed by atoms with van der Waals surface area (Å²) in [5, 5.41) is 3.95. The third-order valence-corrected chi connectivity index (χ3v) is 3.78. The van der Waals surface area contributed by atoms with Crippen LogP contribution in [-0.2, 0) is 20.7 Å². The summed E-state index contributed by atoms with van der Waals surface area (Å²) in [5.74, 6) is -2.95. The lowest BCUT2D eigenvalue weighted by Crippen LogP contribution is -2.69. The van der Waals surface area contributed by atoms with Crippen molar-refractivity contribution in [3.63, 3.8) is 0 Å². The molecule has 0 aliphatic heterocycles. The van der Waals surface area contributed by atoms with Crippen molar-refractivity contribution >= 4 is 29.3 Å².